The number of hydrogen-bond acceptors (Lipinski definition) is 7. The number of para-hydroxylation sites is 1. The van der Waals surface area contributed by atoms with Gasteiger partial charge in [-0.15, -0.1) is 0 Å². The molecule has 5 rings (SSSR count). The Kier molecular flexibility index (Phi) is 3.60. The first-order valence-electron chi connectivity index (χ1n) is 9.19. The van der Waals surface area contributed by atoms with Crippen molar-refractivity contribution in [3.05, 3.63) is 59.3 Å². The van der Waals surface area contributed by atoms with Crippen molar-refractivity contribution in [1.29, 1.82) is 0 Å². The van der Waals surface area contributed by atoms with E-state index < -0.39 is 35.2 Å². The van der Waals surface area contributed by atoms with Crippen LogP contribution in [-0.4, -0.2) is 29.0 Å². The van der Waals surface area contributed by atoms with Gasteiger partial charge in [0.15, 0.2) is 0 Å². The van der Waals surface area contributed by atoms with E-state index in [-0.39, 0.29) is 22.5 Å². The van der Waals surface area contributed by atoms with Crippen molar-refractivity contribution >= 4 is 34.8 Å². The number of imide groups is 1. The molecule has 3 heterocycles. The summed E-state index contributed by atoms with van der Waals surface area (Å²) in [6.45, 7) is 1.79. The third kappa shape index (κ3) is 2.17. The summed E-state index contributed by atoms with van der Waals surface area (Å²) in [6.07, 6.45) is 0. The maximum atomic E-state index is 13.4. The summed E-state index contributed by atoms with van der Waals surface area (Å²) in [5.74, 6) is -2.81. The van der Waals surface area contributed by atoms with Crippen LogP contribution in [0.15, 0.2) is 48.5 Å². The number of fused-ring (bicyclic) bond motifs is 4. The van der Waals surface area contributed by atoms with Crippen LogP contribution < -0.4 is 20.8 Å². The van der Waals surface area contributed by atoms with Gasteiger partial charge < -0.3 is 15.8 Å². The van der Waals surface area contributed by atoms with Crippen molar-refractivity contribution < 1.29 is 19.6 Å². The van der Waals surface area contributed by atoms with Crippen LogP contribution in [0.3, 0.4) is 0 Å². The van der Waals surface area contributed by atoms with Gasteiger partial charge in [0.1, 0.15) is 5.54 Å². The maximum absolute atomic E-state index is 13.4. The maximum Gasteiger partial charge on any atom is 0.250 e. The molecule has 9 nitrogen and oxygen atoms in total. The molecule has 4 atom stereocenters. The minimum Gasteiger partial charge on any atom is -0.733 e. The summed E-state index contributed by atoms with van der Waals surface area (Å²) < 4.78 is 0. The molecule has 3 aliphatic heterocycles. The molecule has 2 aromatic carbocycles. The van der Waals surface area contributed by atoms with E-state index in [9.17, 15) is 19.6 Å². The molecule has 0 bridgehead atoms. The molecule has 3 aliphatic rings. The lowest BCUT2D eigenvalue weighted by Gasteiger charge is -2.29. The molecular formula is C20H17N4O5-. The topological polar surface area (TPSA) is 125 Å². The molecule has 9 heteroatoms. The molecule has 3 amide bonds. The first kappa shape index (κ1) is 17.8. The third-order valence-corrected chi connectivity index (χ3v) is 6.10. The molecule has 1 spiro atoms. The van der Waals surface area contributed by atoms with Gasteiger partial charge in [0.25, 0.3) is 0 Å². The Bertz CT molecular complexity index is 1050. The number of carbonyl (C=O) groups is 3. The Labute approximate surface area is 165 Å². The molecule has 4 unspecified atom stereocenters. The number of benzene rings is 2. The molecular weight excluding hydrogens is 376 g/mol. The molecule has 0 aliphatic carbocycles. The van der Waals surface area contributed by atoms with Crippen LogP contribution in [0.2, 0.25) is 0 Å². The highest BCUT2D eigenvalue weighted by Crippen LogP contribution is 2.53. The number of carbonyl (C=O) groups excluding carboxylic acids is 3. The summed E-state index contributed by atoms with van der Waals surface area (Å²) in [4.78, 5) is 40.7. The van der Waals surface area contributed by atoms with E-state index in [0.29, 0.717) is 11.3 Å². The Morgan fingerprint density at radius 1 is 1.07 bits per heavy atom. The van der Waals surface area contributed by atoms with Gasteiger partial charge in [0, 0.05) is 17.3 Å². The van der Waals surface area contributed by atoms with E-state index >= 15 is 0 Å². The average molecular weight is 393 g/mol. The van der Waals surface area contributed by atoms with Crippen LogP contribution in [0.25, 0.3) is 0 Å². The zero-order valence-corrected chi connectivity index (χ0v) is 15.3. The standard InChI is InChI=1S/C20H17N4O5/c1-10-15-16(20(22-10)13-4-2-3-5-14(13)21-19(20)27)18(26)23(17(15)25)11-6-8-12(9-7-11)24(28)29/h2-10,15-16,22,28H,1H3,(H,21,27)/q-1. The smallest absolute Gasteiger partial charge is 0.250 e. The van der Waals surface area contributed by atoms with Crippen molar-refractivity contribution in [3.63, 3.8) is 0 Å². The SMILES string of the molecule is CC1NC2(C(=O)Nc3ccccc32)C2C(=O)N(c3ccc(N([O-])O)cc3)C(=O)C12. The van der Waals surface area contributed by atoms with Gasteiger partial charge in [-0.05, 0) is 37.3 Å². The lowest BCUT2D eigenvalue weighted by Crippen LogP contribution is -2.53. The Morgan fingerprint density at radius 3 is 2.45 bits per heavy atom. The van der Waals surface area contributed by atoms with Crippen LogP contribution >= 0.6 is 0 Å². The summed E-state index contributed by atoms with van der Waals surface area (Å²) in [5, 5.41) is 25.7. The van der Waals surface area contributed by atoms with Crippen LogP contribution in [-0.2, 0) is 19.9 Å². The highest BCUT2D eigenvalue weighted by Gasteiger charge is 2.69. The average Bonchev–Trinajstić information content (AvgIpc) is 3.26. The zero-order chi connectivity index (χ0) is 20.5. The molecule has 0 radical (unpaired) electrons. The van der Waals surface area contributed by atoms with Crippen molar-refractivity contribution in [2.75, 3.05) is 15.4 Å². The zero-order valence-electron chi connectivity index (χ0n) is 15.3. The van der Waals surface area contributed by atoms with Gasteiger partial charge in [0.05, 0.1) is 23.2 Å². The van der Waals surface area contributed by atoms with Crippen molar-refractivity contribution in [2.45, 2.75) is 18.5 Å². The monoisotopic (exact) mass is 393 g/mol. The Morgan fingerprint density at radius 2 is 1.76 bits per heavy atom. The van der Waals surface area contributed by atoms with Gasteiger partial charge in [0.2, 0.25) is 17.7 Å². The van der Waals surface area contributed by atoms with Crippen LogP contribution in [0.5, 0.6) is 0 Å². The minimum absolute atomic E-state index is 0.0244. The van der Waals surface area contributed by atoms with Crippen LogP contribution in [0.4, 0.5) is 17.1 Å². The molecule has 2 fully saturated rings. The minimum atomic E-state index is -1.31. The second-order valence-electron chi connectivity index (χ2n) is 7.55. The predicted octanol–water partition coefficient (Wildman–Crippen LogP) is 1.32. The van der Waals surface area contributed by atoms with Crippen molar-refractivity contribution in [2.24, 2.45) is 11.8 Å². The van der Waals surface area contributed by atoms with E-state index in [0.717, 1.165) is 4.90 Å². The summed E-state index contributed by atoms with van der Waals surface area (Å²) in [5.41, 5.74) is 0.237. The molecule has 148 valence electrons. The highest BCUT2D eigenvalue weighted by atomic mass is 16.8. The highest BCUT2D eigenvalue weighted by molar-refractivity contribution is 6.25. The quantitative estimate of drug-likeness (QED) is 0.519. The normalized spacial score (nSPS) is 30.0. The summed E-state index contributed by atoms with van der Waals surface area (Å²) in [6, 6.07) is 12.2. The van der Waals surface area contributed by atoms with Crippen molar-refractivity contribution in [3.8, 4) is 0 Å². The second-order valence-corrected chi connectivity index (χ2v) is 7.55. The van der Waals surface area contributed by atoms with Crippen molar-refractivity contribution in [1.82, 2.24) is 5.32 Å². The number of amides is 3. The van der Waals surface area contributed by atoms with E-state index in [1.165, 1.54) is 24.3 Å². The predicted molar refractivity (Wildman–Crippen MR) is 103 cm³/mol. The lowest BCUT2D eigenvalue weighted by atomic mass is 9.76. The van der Waals surface area contributed by atoms with E-state index in [4.69, 9.17) is 5.21 Å². The molecule has 2 saturated heterocycles. The first-order valence-corrected chi connectivity index (χ1v) is 9.19. The van der Waals surface area contributed by atoms with Gasteiger partial charge >= 0.3 is 0 Å². The fourth-order valence-electron chi connectivity index (χ4n) is 4.90. The first-order chi connectivity index (χ1) is 13.9. The molecule has 2 aromatic rings. The van der Waals surface area contributed by atoms with Gasteiger partial charge in [-0.2, -0.15) is 0 Å². The third-order valence-electron chi connectivity index (χ3n) is 6.10. The summed E-state index contributed by atoms with van der Waals surface area (Å²) >= 11 is 0. The van der Waals surface area contributed by atoms with Gasteiger partial charge in [-0.3, -0.25) is 24.9 Å². The van der Waals surface area contributed by atoms with Crippen LogP contribution in [0, 0.1) is 17.0 Å². The Hall–Kier alpha value is -3.27. The lowest BCUT2D eigenvalue weighted by molar-refractivity contribution is -0.130. The van der Waals surface area contributed by atoms with E-state index in [1.54, 1.807) is 31.2 Å². The number of nitrogens with one attached hydrogen (secondary N) is 2. The Balaban J connectivity index is 1.60. The fraction of sp³-hybridized carbons (Fsp3) is 0.250. The van der Waals surface area contributed by atoms with E-state index in [2.05, 4.69) is 10.6 Å². The largest absolute Gasteiger partial charge is 0.733 e. The molecule has 0 aromatic heterocycles. The van der Waals surface area contributed by atoms with Crippen LogP contribution in [0.1, 0.15) is 12.5 Å². The number of hydrogen-bond donors (Lipinski definition) is 3. The van der Waals surface area contributed by atoms with Gasteiger partial charge in [-0.1, -0.05) is 18.2 Å². The number of anilines is 3. The number of rotatable bonds is 2. The molecule has 0 saturated carbocycles. The summed E-state index contributed by atoms with van der Waals surface area (Å²) in [7, 11) is 0. The molecule has 29 heavy (non-hydrogen) atoms. The van der Waals surface area contributed by atoms with Gasteiger partial charge in [-0.25, -0.2) is 4.90 Å². The number of nitrogens with zero attached hydrogens (tertiary/aromatic N) is 2. The van der Waals surface area contributed by atoms with E-state index in [1.807, 2.05) is 0 Å². The molecule has 3 N–H and O–H groups in total. The second kappa shape index (κ2) is 5.86. The fourth-order valence-corrected chi connectivity index (χ4v) is 4.90.